The Bertz CT molecular complexity index is 1870. The summed E-state index contributed by atoms with van der Waals surface area (Å²) in [5.74, 6) is 0.899. The van der Waals surface area contributed by atoms with Crippen LogP contribution in [-0.4, -0.2) is 110 Å². The molecule has 0 aliphatic heterocycles. The average molecular weight is 1060 g/mol. The molecule has 0 fully saturated rings. The van der Waals surface area contributed by atoms with Crippen LogP contribution in [0.1, 0.15) is 118 Å². The number of halogens is 2. The number of hydrogen-bond donors (Lipinski definition) is 3. The van der Waals surface area contributed by atoms with Crippen molar-refractivity contribution < 1.29 is 90.9 Å². The Labute approximate surface area is 395 Å². The van der Waals surface area contributed by atoms with Gasteiger partial charge in [-0.1, -0.05) is 76.7 Å². The Morgan fingerprint density at radius 3 is 1.50 bits per heavy atom. The van der Waals surface area contributed by atoms with E-state index in [1.165, 1.54) is 0 Å². The molecule has 0 amide bonds. The van der Waals surface area contributed by atoms with Crippen molar-refractivity contribution in [2.75, 3.05) is 73.7 Å². The van der Waals surface area contributed by atoms with E-state index in [4.69, 9.17) is 18.6 Å². The molecule has 342 valence electrons. The summed E-state index contributed by atoms with van der Waals surface area (Å²) >= 11 is 0. The highest BCUT2D eigenvalue weighted by Crippen LogP contribution is 2.42. The summed E-state index contributed by atoms with van der Waals surface area (Å²) in [5.41, 5.74) is 3.19. The molecule has 12 heteroatoms. The van der Waals surface area contributed by atoms with Gasteiger partial charge in [0.25, 0.3) is 0 Å². The highest BCUT2D eigenvalue weighted by atomic mass is 127. The van der Waals surface area contributed by atoms with E-state index in [2.05, 4.69) is 41.8 Å². The van der Waals surface area contributed by atoms with Crippen molar-refractivity contribution in [3.05, 3.63) is 56.8 Å². The fourth-order valence-electron chi connectivity index (χ4n) is 7.91. The Morgan fingerprint density at radius 1 is 0.683 bits per heavy atom. The summed E-state index contributed by atoms with van der Waals surface area (Å²) in [5, 5.41) is 34.9. The van der Waals surface area contributed by atoms with E-state index in [1.54, 1.807) is 19.2 Å². The summed E-state index contributed by atoms with van der Waals surface area (Å²) in [6, 6.07) is 3.31. The first-order valence-electron chi connectivity index (χ1n) is 22.0. The van der Waals surface area contributed by atoms with E-state index in [1.807, 2.05) is 39.8 Å². The number of aliphatic hydroxyl groups excluding tert-OH is 2. The van der Waals surface area contributed by atoms with Gasteiger partial charge in [0.2, 0.25) is 5.43 Å². The zero-order valence-corrected chi connectivity index (χ0v) is 43.0. The minimum Gasteiger partial charge on any atom is -1.00 e. The first-order valence-corrected chi connectivity index (χ1v) is 22.0. The standard InChI is InChI=1S/C48H77N2O8.2HI/c1-12-16-24-49(9,25-17-13-2)30-36(51)32-56-40-28-42-45(46(53)38(40)22-20-34(5)6)47(54)44-39(23-21-35(7)8)48(55-11)43(29-41(44)58-42)57-33-37(52)31-50(10,26-18-14-3)27-19-15-4;;/h20-21,28-29,36-37,51-52H,12-19,22-27,30-33H2,1-11H3;2*1H/q+1;;/p-1. The molecule has 1 heterocycles. The van der Waals surface area contributed by atoms with Crippen LogP contribution in [-0.2, 0) is 12.8 Å². The molecule has 0 saturated carbocycles. The van der Waals surface area contributed by atoms with Gasteiger partial charge < -0.3 is 90.9 Å². The summed E-state index contributed by atoms with van der Waals surface area (Å²) in [7, 11) is 5.96. The first-order chi connectivity index (χ1) is 27.5. The lowest BCUT2D eigenvalue weighted by Crippen LogP contribution is -3.00. The zero-order chi connectivity index (χ0) is 43.0. The molecule has 0 aliphatic rings. The number of unbranched alkanes of at least 4 members (excludes halogenated alkanes) is 4. The third-order valence-electron chi connectivity index (χ3n) is 11.3. The maximum Gasteiger partial charge on any atom is 0.204 e. The molecule has 0 spiro atoms. The lowest BCUT2D eigenvalue weighted by molar-refractivity contribution is -0.912. The maximum absolute atomic E-state index is 14.7. The highest BCUT2D eigenvalue weighted by Gasteiger charge is 2.29. The van der Waals surface area contributed by atoms with Crippen LogP contribution in [0.5, 0.6) is 23.0 Å². The largest absolute Gasteiger partial charge is 1.00 e. The molecule has 0 aliphatic carbocycles. The maximum atomic E-state index is 14.7. The van der Waals surface area contributed by atoms with Crippen molar-refractivity contribution >= 4 is 21.9 Å². The number of aromatic hydroxyl groups is 1. The number of likely N-dealkylation sites (N-methyl/N-ethyl adjacent to an activating group) is 2. The molecule has 1 aromatic heterocycles. The number of methoxy groups -OCH3 is 1. The number of hydrogen-bond acceptors (Lipinski definition) is 8. The quantitative estimate of drug-likeness (QED) is 0.0462. The topological polar surface area (TPSA) is 119 Å². The van der Waals surface area contributed by atoms with Gasteiger partial charge in [0, 0.05) is 23.3 Å². The van der Waals surface area contributed by atoms with Gasteiger partial charge in [-0.05, 0) is 66.2 Å². The van der Waals surface area contributed by atoms with Crippen molar-refractivity contribution in [2.24, 2.45) is 0 Å². The van der Waals surface area contributed by atoms with E-state index in [9.17, 15) is 20.1 Å². The summed E-state index contributed by atoms with van der Waals surface area (Å²) in [6.07, 6.45) is 11.9. The molecule has 60 heavy (non-hydrogen) atoms. The summed E-state index contributed by atoms with van der Waals surface area (Å²) < 4.78 is 26.7. The summed E-state index contributed by atoms with van der Waals surface area (Å²) in [4.78, 5) is 14.7. The molecule has 0 bridgehead atoms. The van der Waals surface area contributed by atoms with Gasteiger partial charge in [-0.15, -0.1) is 0 Å². The van der Waals surface area contributed by atoms with Crippen molar-refractivity contribution in [1.82, 2.24) is 0 Å². The third-order valence-corrected chi connectivity index (χ3v) is 11.3. The van der Waals surface area contributed by atoms with Crippen molar-refractivity contribution in [2.45, 2.75) is 132 Å². The van der Waals surface area contributed by atoms with Crippen LogP contribution in [0, 0.1) is 0 Å². The fourth-order valence-corrected chi connectivity index (χ4v) is 7.91. The molecule has 0 saturated heterocycles. The van der Waals surface area contributed by atoms with E-state index >= 15 is 0 Å². The molecule has 2 aromatic carbocycles. The van der Waals surface area contributed by atoms with Gasteiger partial charge in [0.05, 0.1) is 52.8 Å². The molecule has 3 N–H and O–H groups in total. The van der Waals surface area contributed by atoms with Crippen LogP contribution in [0.15, 0.2) is 44.6 Å². The number of aliphatic hydroxyl groups is 2. The first kappa shape index (κ1) is 55.9. The zero-order valence-electron chi connectivity index (χ0n) is 38.7. The van der Waals surface area contributed by atoms with Crippen molar-refractivity contribution in [3.63, 3.8) is 0 Å². The van der Waals surface area contributed by atoms with Crippen molar-refractivity contribution in [3.8, 4) is 23.0 Å². The number of phenolic OH excluding ortho intramolecular Hbond substituents is 1. The number of phenols is 1. The fraction of sp³-hybridized carbons (Fsp3) is 0.646. The minimum atomic E-state index is -0.744. The predicted octanol–water partition coefficient (Wildman–Crippen LogP) is 3.26. The number of nitrogens with zero attached hydrogens (tertiary/aromatic N) is 2. The SMILES string of the molecule is CCCC[N+](C)(CCCC)CC(O)COc1cc2oc3cc(OCC(O)C[N+](C)(CCCC)CCCC)c(OC)c(CC=C(C)C)c3c(=O)c2c(O)c1CC=C(C)C.[I-].[I-]. The highest BCUT2D eigenvalue weighted by molar-refractivity contribution is 5.98. The van der Waals surface area contributed by atoms with Gasteiger partial charge in [-0.25, -0.2) is 0 Å². The number of benzene rings is 2. The van der Waals surface area contributed by atoms with Crippen LogP contribution in [0.25, 0.3) is 21.9 Å². The van der Waals surface area contributed by atoms with E-state index in [-0.39, 0.29) is 88.9 Å². The van der Waals surface area contributed by atoms with Crippen LogP contribution in [0.3, 0.4) is 0 Å². The lowest BCUT2D eigenvalue weighted by atomic mass is 9.98. The lowest BCUT2D eigenvalue weighted by Gasteiger charge is -2.36. The number of fused-ring (bicyclic) bond motifs is 2. The van der Waals surface area contributed by atoms with Gasteiger partial charge in [0.15, 0.2) is 11.5 Å². The number of rotatable bonds is 27. The minimum absolute atomic E-state index is 0. The van der Waals surface area contributed by atoms with Gasteiger partial charge >= 0.3 is 0 Å². The second-order valence-corrected chi connectivity index (χ2v) is 17.6. The van der Waals surface area contributed by atoms with E-state index < -0.39 is 12.2 Å². The normalized spacial score (nSPS) is 12.7. The summed E-state index contributed by atoms with van der Waals surface area (Å²) in [6.45, 7) is 21.8. The van der Waals surface area contributed by atoms with Gasteiger partial charge in [0.1, 0.15) is 66.6 Å². The number of allylic oxidation sites excluding steroid dienone is 4. The number of quaternary nitrogens is 2. The Kier molecular flexibility index (Phi) is 25.3. The Morgan fingerprint density at radius 2 is 1.08 bits per heavy atom. The van der Waals surface area contributed by atoms with Crippen LogP contribution >= 0.6 is 0 Å². The van der Waals surface area contributed by atoms with Crippen LogP contribution in [0.4, 0.5) is 0 Å². The number of ether oxygens (including phenoxy) is 3. The third kappa shape index (κ3) is 16.2. The molecule has 10 nitrogen and oxygen atoms in total. The predicted molar refractivity (Wildman–Crippen MR) is 239 cm³/mol. The smallest absolute Gasteiger partial charge is 0.204 e. The molecule has 2 unspecified atom stereocenters. The van der Waals surface area contributed by atoms with Crippen molar-refractivity contribution in [1.29, 1.82) is 0 Å². The second kappa shape index (κ2) is 27.2. The average Bonchev–Trinajstić information content (AvgIpc) is 3.17. The molecule has 3 rings (SSSR count). The molecule has 2 atom stereocenters. The molecular weight excluding hydrogens is 986 g/mol. The van der Waals surface area contributed by atoms with E-state index in [0.29, 0.717) is 59.7 Å². The van der Waals surface area contributed by atoms with E-state index in [0.717, 1.165) is 97.7 Å². The van der Waals surface area contributed by atoms with Gasteiger partial charge in [-0.3, -0.25) is 4.79 Å². The second-order valence-electron chi connectivity index (χ2n) is 17.6. The Balaban J connectivity index is 0.00000900. The van der Waals surface area contributed by atoms with Crippen LogP contribution in [0.2, 0.25) is 0 Å². The monoisotopic (exact) mass is 1060 g/mol. The molecule has 3 aromatic rings. The molecule has 0 radical (unpaired) electrons. The van der Waals surface area contributed by atoms with Crippen LogP contribution < -0.4 is 67.6 Å². The molecular formula is C48H78I2N2O8. The Hall–Kier alpha value is -2.11. The van der Waals surface area contributed by atoms with Gasteiger partial charge in [-0.2, -0.15) is 0 Å².